The van der Waals surface area contributed by atoms with E-state index in [1.807, 2.05) is 0 Å². The van der Waals surface area contributed by atoms with Gasteiger partial charge < -0.3 is 0 Å². The van der Waals surface area contributed by atoms with Gasteiger partial charge in [0.1, 0.15) is 18.1 Å². The van der Waals surface area contributed by atoms with Gasteiger partial charge in [0.05, 0.1) is 29.5 Å². The number of sulfonamides is 1. The highest BCUT2D eigenvalue weighted by atomic mass is 32.2. The molecule has 3 heterocycles. The number of aromatic nitrogens is 6. The van der Waals surface area contributed by atoms with Gasteiger partial charge in [-0.05, 0) is 35.4 Å². The molecule has 0 saturated carbocycles. The Kier molecular flexibility index (Phi) is 4.83. The first-order valence-electron chi connectivity index (χ1n) is 9.60. The summed E-state index contributed by atoms with van der Waals surface area (Å²) in [6, 6.07) is 12.6. The summed E-state index contributed by atoms with van der Waals surface area (Å²) in [5.41, 5.74) is 2.35. The molecule has 2 aromatic heterocycles. The molecule has 11 heteroatoms. The topological polar surface area (TPSA) is 98.8 Å². The fourth-order valence-corrected chi connectivity index (χ4v) is 4.94. The molecule has 0 aliphatic carbocycles. The number of rotatable bonds is 6. The normalized spacial score (nSPS) is 15.1. The number of hydrogen-bond acceptors (Lipinski definition) is 6. The van der Waals surface area contributed by atoms with Gasteiger partial charge in [0.15, 0.2) is 0 Å². The van der Waals surface area contributed by atoms with Gasteiger partial charge in [-0.3, -0.25) is 0 Å². The first-order valence-corrected chi connectivity index (χ1v) is 11.0. The minimum Gasteiger partial charge on any atom is -0.246 e. The molecule has 9 nitrogen and oxygen atoms in total. The van der Waals surface area contributed by atoms with Crippen molar-refractivity contribution < 1.29 is 12.8 Å². The zero-order valence-corrected chi connectivity index (χ0v) is 17.1. The fraction of sp³-hybridized carbons (Fsp3) is 0.200. The summed E-state index contributed by atoms with van der Waals surface area (Å²) in [6.45, 7) is 1.05. The van der Waals surface area contributed by atoms with Gasteiger partial charge in [0, 0.05) is 13.1 Å². The molecule has 0 spiro atoms. The monoisotopic (exact) mass is 439 g/mol. The van der Waals surface area contributed by atoms with Crippen LogP contribution in [0.15, 0.2) is 72.0 Å². The number of nitrogens with zero attached hydrogens (tertiary/aromatic N) is 7. The van der Waals surface area contributed by atoms with Crippen molar-refractivity contribution in [1.82, 2.24) is 34.3 Å². The first kappa shape index (κ1) is 19.5. The molecular weight excluding hydrogens is 421 g/mol. The average Bonchev–Trinajstić information content (AvgIpc) is 3.40. The lowest BCUT2D eigenvalue weighted by Gasteiger charge is -2.37. The molecule has 1 fully saturated rings. The second-order valence-corrected chi connectivity index (χ2v) is 9.19. The zero-order chi connectivity index (χ0) is 21.4. The fourth-order valence-electron chi connectivity index (χ4n) is 3.43. The SMILES string of the molecule is O=S(=O)(c1ccc(-c2ccc(F)cc2)cc1)N1CC(n2cc(Cn3nccn3)nn2)C1. The summed E-state index contributed by atoms with van der Waals surface area (Å²) >= 11 is 0. The molecule has 0 radical (unpaired) electrons. The lowest BCUT2D eigenvalue weighted by Crippen LogP contribution is -2.50. The van der Waals surface area contributed by atoms with Gasteiger partial charge in [0.25, 0.3) is 0 Å². The number of benzene rings is 2. The Bertz CT molecular complexity index is 1280. The van der Waals surface area contributed by atoms with Crippen molar-refractivity contribution >= 4 is 10.0 Å². The average molecular weight is 439 g/mol. The van der Waals surface area contributed by atoms with Crippen molar-refractivity contribution in [2.24, 2.45) is 0 Å². The van der Waals surface area contributed by atoms with E-state index in [2.05, 4.69) is 20.5 Å². The summed E-state index contributed by atoms with van der Waals surface area (Å²) < 4.78 is 42.0. The van der Waals surface area contributed by atoms with E-state index in [9.17, 15) is 12.8 Å². The van der Waals surface area contributed by atoms with Crippen LogP contribution in [0.25, 0.3) is 11.1 Å². The van der Waals surface area contributed by atoms with Crippen molar-refractivity contribution in [2.75, 3.05) is 13.1 Å². The lowest BCUT2D eigenvalue weighted by molar-refractivity contribution is 0.189. The minimum absolute atomic E-state index is 0.0694. The molecule has 0 unspecified atom stereocenters. The van der Waals surface area contributed by atoms with Crippen molar-refractivity contribution in [2.45, 2.75) is 17.5 Å². The largest absolute Gasteiger partial charge is 0.246 e. The molecule has 0 atom stereocenters. The highest BCUT2D eigenvalue weighted by Gasteiger charge is 2.38. The molecule has 0 bridgehead atoms. The van der Waals surface area contributed by atoms with Gasteiger partial charge in [0.2, 0.25) is 10.0 Å². The molecule has 0 N–H and O–H groups in total. The highest BCUT2D eigenvalue weighted by molar-refractivity contribution is 7.89. The third kappa shape index (κ3) is 3.84. The molecule has 158 valence electrons. The van der Waals surface area contributed by atoms with Crippen LogP contribution in [-0.2, 0) is 16.6 Å². The molecule has 1 aliphatic heterocycles. The van der Waals surface area contributed by atoms with Crippen LogP contribution in [0, 0.1) is 5.82 Å². The van der Waals surface area contributed by atoms with Gasteiger partial charge in [-0.25, -0.2) is 17.5 Å². The summed E-state index contributed by atoms with van der Waals surface area (Å²) in [7, 11) is -3.60. The quantitative estimate of drug-likeness (QED) is 0.456. The van der Waals surface area contributed by atoms with E-state index < -0.39 is 10.0 Å². The van der Waals surface area contributed by atoms with Crippen molar-refractivity contribution in [3.05, 3.63) is 78.6 Å². The van der Waals surface area contributed by atoms with E-state index in [0.29, 0.717) is 25.3 Å². The van der Waals surface area contributed by atoms with Crippen LogP contribution in [0.1, 0.15) is 11.7 Å². The highest BCUT2D eigenvalue weighted by Crippen LogP contribution is 2.29. The summed E-state index contributed by atoms with van der Waals surface area (Å²) in [6.07, 6.45) is 4.96. The van der Waals surface area contributed by atoms with Crippen LogP contribution in [0.4, 0.5) is 4.39 Å². The van der Waals surface area contributed by atoms with Gasteiger partial charge in [-0.15, -0.1) is 5.10 Å². The Morgan fingerprint density at radius 1 is 0.935 bits per heavy atom. The lowest BCUT2D eigenvalue weighted by atomic mass is 10.1. The van der Waals surface area contributed by atoms with E-state index in [1.165, 1.54) is 21.2 Å². The van der Waals surface area contributed by atoms with Crippen LogP contribution in [0.3, 0.4) is 0 Å². The van der Waals surface area contributed by atoms with E-state index in [-0.39, 0.29) is 16.8 Å². The van der Waals surface area contributed by atoms with Crippen LogP contribution >= 0.6 is 0 Å². The van der Waals surface area contributed by atoms with E-state index >= 15 is 0 Å². The molecule has 31 heavy (non-hydrogen) atoms. The maximum absolute atomic E-state index is 13.1. The predicted molar refractivity (Wildman–Crippen MR) is 109 cm³/mol. The first-order chi connectivity index (χ1) is 15.0. The van der Waals surface area contributed by atoms with Gasteiger partial charge in [-0.2, -0.15) is 19.3 Å². The summed E-state index contributed by atoms with van der Waals surface area (Å²) in [4.78, 5) is 1.72. The van der Waals surface area contributed by atoms with E-state index in [4.69, 9.17) is 0 Å². The second-order valence-electron chi connectivity index (χ2n) is 7.26. The molecule has 4 aromatic rings. The van der Waals surface area contributed by atoms with Crippen molar-refractivity contribution in [3.8, 4) is 11.1 Å². The molecular formula is C20H18FN7O2S. The van der Waals surface area contributed by atoms with E-state index in [1.54, 1.807) is 59.7 Å². The van der Waals surface area contributed by atoms with Crippen molar-refractivity contribution in [1.29, 1.82) is 0 Å². The van der Waals surface area contributed by atoms with Crippen LogP contribution in [0.5, 0.6) is 0 Å². The smallest absolute Gasteiger partial charge is 0.243 e. The van der Waals surface area contributed by atoms with Gasteiger partial charge in [-0.1, -0.05) is 29.5 Å². The maximum atomic E-state index is 13.1. The Balaban J connectivity index is 1.24. The summed E-state index contributed by atoms with van der Waals surface area (Å²) in [5.74, 6) is -0.312. The molecule has 1 aliphatic rings. The second kappa shape index (κ2) is 7.67. The van der Waals surface area contributed by atoms with Crippen LogP contribution in [-0.4, -0.2) is 55.8 Å². The van der Waals surface area contributed by atoms with Crippen LogP contribution in [0.2, 0.25) is 0 Å². The third-order valence-electron chi connectivity index (χ3n) is 5.20. The molecule has 0 amide bonds. The third-order valence-corrected chi connectivity index (χ3v) is 7.05. The Labute approximate surface area is 177 Å². The maximum Gasteiger partial charge on any atom is 0.243 e. The predicted octanol–water partition coefficient (Wildman–Crippen LogP) is 1.97. The Morgan fingerprint density at radius 3 is 2.19 bits per heavy atom. The summed E-state index contributed by atoms with van der Waals surface area (Å²) in [5, 5.41) is 16.3. The molecule has 1 saturated heterocycles. The molecule has 5 rings (SSSR count). The van der Waals surface area contributed by atoms with Gasteiger partial charge >= 0.3 is 0 Å². The Hall–Kier alpha value is -3.44. The Morgan fingerprint density at radius 2 is 1.55 bits per heavy atom. The van der Waals surface area contributed by atoms with E-state index in [0.717, 1.165) is 11.1 Å². The molecule has 2 aromatic carbocycles. The van der Waals surface area contributed by atoms with Crippen molar-refractivity contribution in [3.63, 3.8) is 0 Å². The standard InChI is InChI=1S/C20H18FN7O2S/c21-17-5-1-15(2-6-17)16-3-7-20(8-4-16)31(29,30)26-13-19(14-26)27-11-18(24-25-27)12-28-22-9-10-23-28/h1-11,19H,12-14H2. The zero-order valence-electron chi connectivity index (χ0n) is 16.3. The van der Waals surface area contributed by atoms with Crippen LogP contribution < -0.4 is 0 Å². The number of halogens is 1. The number of hydrogen-bond donors (Lipinski definition) is 0. The minimum atomic E-state index is -3.60.